The van der Waals surface area contributed by atoms with Crippen molar-refractivity contribution in [2.75, 3.05) is 13.2 Å². The molecule has 2 N–H and O–H groups in total. The SMILES string of the molecule is O=C(O)/C=C/C(=O)OCCCCCCCO. The number of hydrogen-bond donors (Lipinski definition) is 2. The summed E-state index contributed by atoms with van der Waals surface area (Å²) >= 11 is 0. The molecule has 0 heterocycles. The van der Waals surface area contributed by atoms with Crippen LogP contribution in [0.4, 0.5) is 0 Å². The fraction of sp³-hybridized carbons (Fsp3) is 0.636. The van der Waals surface area contributed by atoms with E-state index in [0.717, 1.165) is 44.3 Å². The van der Waals surface area contributed by atoms with Crippen LogP contribution in [-0.4, -0.2) is 35.4 Å². The largest absolute Gasteiger partial charge is 0.478 e. The Labute approximate surface area is 94.7 Å². The summed E-state index contributed by atoms with van der Waals surface area (Å²) < 4.78 is 4.76. The van der Waals surface area contributed by atoms with E-state index in [1.54, 1.807) is 0 Å². The third-order valence-electron chi connectivity index (χ3n) is 1.91. The van der Waals surface area contributed by atoms with Crippen molar-refractivity contribution < 1.29 is 24.5 Å². The van der Waals surface area contributed by atoms with Crippen molar-refractivity contribution >= 4 is 11.9 Å². The zero-order valence-corrected chi connectivity index (χ0v) is 9.22. The summed E-state index contributed by atoms with van der Waals surface area (Å²) in [6.07, 6.45) is 6.14. The van der Waals surface area contributed by atoms with Crippen molar-refractivity contribution in [3.63, 3.8) is 0 Å². The first-order valence-electron chi connectivity index (χ1n) is 5.35. The molecular weight excluding hydrogens is 212 g/mol. The smallest absolute Gasteiger partial charge is 0.331 e. The number of carboxylic acid groups (broad SMARTS) is 1. The maximum absolute atomic E-state index is 10.9. The molecule has 0 aromatic rings. The van der Waals surface area contributed by atoms with Gasteiger partial charge in [0.1, 0.15) is 0 Å². The maximum Gasteiger partial charge on any atom is 0.331 e. The van der Waals surface area contributed by atoms with Crippen LogP contribution in [0.25, 0.3) is 0 Å². The Morgan fingerprint density at radius 2 is 1.62 bits per heavy atom. The van der Waals surface area contributed by atoms with E-state index in [2.05, 4.69) is 0 Å². The first-order chi connectivity index (χ1) is 7.66. The van der Waals surface area contributed by atoms with Crippen LogP contribution in [0.1, 0.15) is 32.1 Å². The van der Waals surface area contributed by atoms with Crippen molar-refractivity contribution in [3.05, 3.63) is 12.2 Å². The molecule has 0 aliphatic rings. The van der Waals surface area contributed by atoms with Crippen LogP contribution in [0.2, 0.25) is 0 Å². The Morgan fingerprint density at radius 1 is 1.00 bits per heavy atom. The molecule has 5 heteroatoms. The minimum absolute atomic E-state index is 0.217. The van der Waals surface area contributed by atoms with Crippen LogP contribution in [0.15, 0.2) is 12.2 Å². The van der Waals surface area contributed by atoms with Gasteiger partial charge in [-0.25, -0.2) is 9.59 Å². The number of ether oxygens (including phenoxy) is 1. The quantitative estimate of drug-likeness (QED) is 0.352. The molecule has 16 heavy (non-hydrogen) atoms. The van der Waals surface area contributed by atoms with E-state index in [1.165, 1.54) is 0 Å². The van der Waals surface area contributed by atoms with Gasteiger partial charge in [0.25, 0.3) is 0 Å². The Hall–Kier alpha value is -1.36. The van der Waals surface area contributed by atoms with Gasteiger partial charge in [-0.2, -0.15) is 0 Å². The molecule has 0 aromatic carbocycles. The Kier molecular flexibility index (Phi) is 9.30. The lowest BCUT2D eigenvalue weighted by Gasteiger charge is -2.01. The summed E-state index contributed by atoms with van der Waals surface area (Å²) in [5.41, 5.74) is 0. The number of aliphatic hydroxyl groups is 1. The van der Waals surface area contributed by atoms with Crippen LogP contribution in [-0.2, 0) is 14.3 Å². The van der Waals surface area contributed by atoms with Crippen LogP contribution in [0.3, 0.4) is 0 Å². The van der Waals surface area contributed by atoms with Crippen LogP contribution >= 0.6 is 0 Å². The molecule has 0 bridgehead atoms. The monoisotopic (exact) mass is 230 g/mol. The predicted molar refractivity (Wildman–Crippen MR) is 57.9 cm³/mol. The predicted octanol–water partition coefficient (Wildman–Crippen LogP) is 1.11. The van der Waals surface area contributed by atoms with E-state index in [9.17, 15) is 9.59 Å². The van der Waals surface area contributed by atoms with E-state index in [-0.39, 0.29) is 6.61 Å². The molecule has 0 unspecified atom stereocenters. The molecule has 0 aromatic heterocycles. The van der Waals surface area contributed by atoms with Gasteiger partial charge in [-0.3, -0.25) is 0 Å². The molecule has 0 atom stereocenters. The van der Waals surface area contributed by atoms with Gasteiger partial charge in [0, 0.05) is 18.8 Å². The number of carboxylic acids is 1. The first-order valence-corrected chi connectivity index (χ1v) is 5.35. The summed E-state index contributed by atoms with van der Waals surface area (Å²) in [4.78, 5) is 20.9. The molecule has 0 aliphatic carbocycles. The number of esters is 1. The number of rotatable bonds is 9. The zero-order valence-electron chi connectivity index (χ0n) is 9.22. The molecule has 0 saturated heterocycles. The van der Waals surface area contributed by atoms with Gasteiger partial charge in [0.2, 0.25) is 0 Å². The number of aliphatic hydroxyl groups excluding tert-OH is 1. The Morgan fingerprint density at radius 3 is 2.25 bits per heavy atom. The van der Waals surface area contributed by atoms with E-state index in [4.69, 9.17) is 14.9 Å². The molecule has 0 radical (unpaired) electrons. The van der Waals surface area contributed by atoms with Gasteiger partial charge in [-0.05, 0) is 12.8 Å². The number of hydrogen-bond acceptors (Lipinski definition) is 4. The number of aliphatic carboxylic acids is 1. The number of carbonyl (C=O) groups is 2. The molecule has 0 amide bonds. The standard InChI is InChI=1S/C11H18O5/c12-8-4-2-1-3-5-9-16-11(15)7-6-10(13)14/h6-7,12H,1-5,8-9H2,(H,13,14)/b7-6+. The fourth-order valence-electron chi connectivity index (χ4n) is 1.10. The highest BCUT2D eigenvalue weighted by atomic mass is 16.5. The average molecular weight is 230 g/mol. The van der Waals surface area contributed by atoms with Gasteiger partial charge in [-0.1, -0.05) is 19.3 Å². The maximum atomic E-state index is 10.9. The molecule has 92 valence electrons. The van der Waals surface area contributed by atoms with Gasteiger partial charge in [0.05, 0.1) is 6.61 Å². The molecule has 0 spiro atoms. The second-order valence-electron chi connectivity index (χ2n) is 3.33. The third-order valence-corrected chi connectivity index (χ3v) is 1.91. The molecular formula is C11H18O5. The van der Waals surface area contributed by atoms with E-state index < -0.39 is 11.9 Å². The molecule has 0 rings (SSSR count). The van der Waals surface area contributed by atoms with Crippen molar-refractivity contribution in [1.29, 1.82) is 0 Å². The summed E-state index contributed by atoms with van der Waals surface area (Å²) in [6.45, 7) is 0.525. The summed E-state index contributed by atoms with van der Waals surface area (Å²) in [5, 5.41) is 16.8. The first kappa shape index (κ1) is 14.6. The van der Waals surface area contributed by atoms with Crippen LogP contribution in [0.5, 0.6) is 0 Å². The van der Waals surface area contributed by atoms with Crippen molar-refractivity contribution in [2.24, 2.45) is 0 Å². The summed E-state index contributed by atoms with van der Waals surface area (Å²) in [7, 11) is 0. The topological polar surface area (TPSA) is 83.8 Å². The lowest BCUT2D eigenvalue weighted by Crippen LogP contribution is -2.03. The lowest BCUT2D eigenvalue weighted by molar-refractivity contribution is -0.138. The number of unbranched alkanes of at least 4 members (excludes halogenated alkanes) is 4. The average Bonchev–Trinajstić information content (AvgIpc) is 2.25. The molecule has 0 fully saturated rings. The Bertz CT molecular complexity index is 235. The zero-order chi connectivity index (χ0) is 12.2. The molecule has 0 aliphatic heterocycles. The highest BCUT2D eigenvalue weighted by Gasteiger charge is 1.98. The van der Waals surface area contributed by atoms with Gasteiger partial charge in [-0.15, -0.1) is 0 Å². The van der Waals surface area contributed by atoms with Crippen molar-refractivity contribution in [1.82, 2.24) is 0 Å². The van der Waals surface area contributed by atoms with E-state index >= 15 is 0 Å². The molecule has 5 nitrogen and oxygen atoms in total. The second kappa shape index (κ2) is 10.2. The van der Waals surface area contributed by atoms with Crippen molar-refractivity contribution in [3.8, 4) is 0 Å². The van der Waals surface area contributed by atoms with Gasteiger partial charge < -0.3 is 14.9 Å². The molecule has 0 saturated carbocycles. The second-order valence-corrected chi connectivity index (χ2v) is 3.33. The highest BCUT2D eigenvalue weighted by Crippen LogP contribution is 2.02. The summed E-state index contributed by atoms with van der Waals surface area (Å²) in [6, 6.07) is 0. The van der Waals surface area contributed by atoms with E-state index in [0.29, 0.717) is 6.61 Å². The van der Waals surface area contributed by atoms with Crippen LogP contribution in [0, 0.1) is 0 Å². The Balaban J connectivity index is 3.31. The lowest BCUT2D eigenvalue weighted by atomic mass is 10.1. The van der Waals surface area contributed by atoms with Crippen molar-refractivity contribution in [2.45, 2.75) is 32.1 Å². The van der Waals surface area contributed by atoms with Crippen LogP contribution < -0.4 is 0 Å². The normalized spacial score (nSPS) is 10.6. The van der Waals surface area contributed by atoms with E-state index in [1.807, 2.05) is 0 Å². The van der Waals surface area contributed by atoms with Gasteiger partial charge in [0.15, 0.2) is 0 Å². The fourth-order valence-corrected chi connectivity index (χ4v) is 1.10. The summed E-state index contributed by atoms with van der Waals surface area (Å²) in [5.74, 6) is -1.79. The van der Waals surface area contributed by atoms with Gasteiger partial charge >= 0.3 is 11.9 Å². The highest BCUT2D eigenvalue weighted by molar-refractivity contribution is 5.90. The minimum atomic E-state index is -1.17. The minimum Gasteiger partial charge on any atom is -0.478 e. The number of carbonyl (C=O) groups excluding carboxylic acids is 1. The third kappa shape index (κ3) is 10.7.